The van der Waals surface area contributed by atoms with Crippen molar-refractivity contribution in [2.24, 2.45) is 0 Å². The Morgan fingerprint density at radius 2 is 2.25 bits per heavy atom. The summed E-state index contributed by atoms with van der Waals surface area (Å²) in [6, 6.07) is 8.36. The van der Waals surface area contributed by atoms with Gasteiger partial charge in [-0.3, -0.25) is 14.6 Å². The molecule has 0 bridgehead atoms. The summed E-state index contributed by atoms with van der Waals surface area (Å²) in [5, 5.41) is 0.629. The van der Waals surface area contributed by atoms with Crippen LogP contribution in [0.4, 0.5) is 0 Å². The molecule has 0 radical (unpaired) electrons. The van der Waals surface area contributed by atoms with E-state index in [1.807, 2.05) is 12.1 Å². The third kappa shape index (κ3) is 2.90. The van der Waals surface area contributed by atoms with Crippen LogP contribution in [0.5, 0.6) is 0 Å². The maximum absolute atomic E-state index is 12.4. The van der Waals surface area contributed by atoms with Gasteiger partial charge in [-0.15, -0.1) is 0 Å². The summed E-state index contributed by atoms with van der Waals surface area (Å²) < 4.78 is 0. The highest BCUT2D eigenvalue weighted by atomic mass is 35.5. The number of nitrogens with zero attached hydrogens (tertiary/aromatic N) is 2. The SMILES string of the molecule is CC1CN2CCCC2CN1CC(=O)c1cccc(Cl)c1. The Balaban J connectivity index is 1.66. The van der Waals surface area contributed by atoms with Crippen LogP contribution in [0.25, 0.3) is 0 Å². The predicted octanol–water partition coefficient (Wildman–Crippen LogP) is 2.69. The predicted molar refractivity (Wildman–Crippen MR) is 81.4 cm³/mol. The van der Waals surface area contributed by atoms with Gasteiger partial charge in [-0.05, 0) is 38.4 Å². The molecule has 4 heteroatoms. The molecule has 2 atom stereocenters. The molecule has 2 saturated heterocycles. The quantitative estimate of drug-likeness (QED) is 0.800. The molecule has 20 heavy (non-hydrogen) atoms. The molecule has 1 aromatic rings. The van der Waals surface area contributed by atoms with E-state index in [0.717, 1.165) is 18.7 Å². The first-order chi connectivity index (χ1) is 9.63. The molecule has 0 N–H and O–H groups in total. The Hall–Kier alpha value is -0.900. The van der Waals surface area contributed by atoms with Crippen molar-refractivity contribution in [3.8, 4) is 0 Å². The number of Topliss-reactive ketones (excluding diaryl/α,β-unsaturated/α-hetero) is 1. The minimum atomic E-state index is 0.172. The molecular formula is C16H21ClN2O. The molecule has 2 aliphatic heterocycles. The lowest BCUT2D eigenvalue weighted by molar-refractivity contribution is 0.0535. The minimum absolute atomic E-state index is 0.172. The topological polar surface area (TPSA) is 23.6 Å². The molecule has 0 spiro atoms. The molecule has 2 heterocycles. The van der Waals surface area contributed by atoms with Gasteiger partial charge in [0.05, 0.1) is 6.54 Å². The number of piperazine rings is 1. The number of carbonyl (C=O) groups excluding carboxylic acids is 1. The van der Waals surface area contributed by atoms with Gasteiger partial charge in [0.1, 0.15) is 0 Å². The summed E-state index contributed by atoms with van der Waals surface area (Å²) >= 11 is 5.96. The summed E-state index contributed by atoms with van der Waals surface area (Å²) in [6.07, 6.45) is 2.57. The molecule has 3 rings (SSSR count). The fourth-order valence-electron chi connectivity index (χ4n) is 3.41. The number of benzene rings is 1. The molecule has 2 aliphatic rings. The number of fused-ring (bicyclic) bond motifs is 1. The van der Waals surface area contributed by atoms with Crippen molar-refractivity contribution in [1.29, 1.82) is 0 Å². The van der Waals surface area contributed by atoms with E-state index in [-0.39, 0.29) is 5.78 Å². The zero-order valence-corrected chi connectivity index (χ0v) is 12.6. The van der Waals surface area contributed by atoms with Crippen LogP contribution in [0.2, 0.25) is 5.02 Å². The van der Waals surface area contributed by atoms with Gasteiger partial charge < -0.3 is 0 Å². The molecule has 0 saturated carbocycles. The van der Waals surface area contributed by atoms with E-state index >= 15 is 0 Å². The van der Waals surface area contributed by atoms with Gasteiger partial charge in [0.15, 0.2) is 5.78 Å². The van der Waals surface area contributed by atoms with Crippen molar-refractivity contribution in [3.05, 3.63) is 34.9 Å². The first-order valence-corrected chi connectivity index (χ1v) is 7.78. The third-order valence-corrected chi connectivity index (χ3v) is 4.79. The van der Waals surface area contributed by atoms with Crippen LogP contribution in [0.1, 0.15) is 30.1 Å². The average molecular weight is 293 g/mol. The van der Waals surface area contributed by atoms with Gasteiger partial charge in [-0.1, -0.05) is 23.7 Å². The van der Waals surface area contributed by atoms with Gasteiger partial charge in [0.2, 0.25) is 0 Å². The Morgan fingerprint density at radius 3 is 3.05 bits per heavy atom. The lowest BCUT2D eigenvalue weighted by Crippen LogP contribution is -2.55. The first-order valence-electron chi connectivity index (χ1n) is 7.40. The molecule has 3 nitrogen and oxygen atoms in total. The number of carbonyl (C=O) groups is 1. The van der Waals surface area contributed by atoms with Crippen LogP contribution in [-0.4, -0.2) is 53.8 Å². The van der Waals surface area contributed by atoms with E-state index in [9.17, 15) is 4.79 Å². The molecule has 2 fully saturated rings. The van der Waals surface area contributed by atoms with Crippen molar-refractivity contribution < 1.29 is 4.79 Å². The normalized spacial score (nSPS) is 27.5. The smallest absolute Gasteiger partial charge is 0.176 e. The molecule has 108 valence electrons. The standard InChI is InChI=1S/C16H21ClN2O/c1-12-9-18-7-3-6-15(18)10-19(12)11-16(20)13-4-2-5-14(17)8-13/h2,4-5,8,12,15H,3,6-7,9-11H2,1H3. The second kappa shape index (κ2) is 5.84. The van der Waals surface area contributed by atoms with Crippen LogP contribution >= 0.6 is 11.6 Å². The zero-order valence-electron chi connectivity index (χ0n) is 11.9. The largest absolute Gasteiger partial charge is 0.298 e. The fourth-order valence-corrected chi connectivity index (χ4v) is 3.60. The summed E-state index contributed by atoms with van der Waals surface area (Å²) in [6.45, 7) is 6.07. The van der Waals surface area contributed by atoms with Gasteiger partial charge in [0.25, 0.3) is 0 Å². The van der Waals surface area contributed by atoms with Crippen molar-refractivity contribution in [2.75, 3.05) is 26.2 Å². The summed E-state index contributed by atoms with van der Waals surface area (Å²) in [4.78, 5) is 17.3. The van der Waals surface area contributed by atoms with Crippen molar-refractivity contribution in [3.63, 3.8) is 0 Å². The molecule has 2 unspecified atom stereocenters. The second-order valence-corrected chi connectivity index (χ2v) is 6.44. The number of halogens is 1. The van der Waals surface area contributed by atoms with E-state index in [0.29, 0.717) is 23.7 Å². The number of rotatable bonds is 3. The van der Waals surface area contributed by atoms with E-state index in [1.165, 1.54) is 19.4 Å². The molecule has 0 aromatic heterocycles. The molecule has 1 aromatic carbocycles. The number of ketones is 1. The Bertz CT molecular complexity index is 505. The maximum Gasteiger partial charge on any atom is 0.176 e. The second-order valence-electron chi connectivity index (χ2n) is 6.00. The van der Waals surface area contributed by atoms with Crippen molar-refractivity contribution in [1.82, 2.24) is 9.80 Å². The van der Waals surface area contributed by atoms with Gasteiger partial charge in [-0.2, -0.15) is 0 Å². The molecule has 0 amide bonds. The van der Waals surface area contributed by atoms with E-state index in [4.69, 9.17) is 11.6 Å². The fraction of sp³-hybridized carbons (Fsp3) is 0.562. The highest BCUT2D eigenvalue weighted by Crippen LogP contribution is 2.24. The van der Waals surface area contributed by atoms with Gasteiger partial charge in [0, 0.05) is 35.8 Å². The lowest BCUT2D eigenvalue weighted by Gasteiger charge is -2.42. The summed E-state index contributed by atoms with van der Waals surface area (Å²) in [7, 11) is 0. The maximum atomic E-state index is 12.4. The van der Waals surface area contributed by atoms with E-state index in [2.05, 4.69) is 16.7 Å². The third-order valence-electron chi connectivity index (χ3n) is 4.56. The Morgan fingerprint density at radius 1 is 1.40 bits per heavy atom. The Labute approximate surface area is 125 Å². The van der Waals surface area contributed by atoms with Crippen LogP contribution in [-0.2, 0) is 0 Å². The van der Waals surface area contributed by atoms with E-state index < -0.39 is 0 Å². The van der Waals surface area contributed by atoms with Crippen LogP contribution in [0, 0.1) is 0 Å². The van der Waals surface area contributed by atoms with Gasteiger partial charge in [-0.25, -0.2) is 0 Å². The van der Waals surface area contributed by atoms with E-state index in [1.54, 1.807) is 12.1 Å². The summed E-state index contributed by atoms with van der Waals surface area (Å²) in [5.74, 6) is 0.172. The minimum Gasteiger partial charge on any atom is -0.298 e. The summed E-state index contributed by atoms with van der Waals surface area (Å²) in [5.41, 5.74) is 0.721. The Kier molecular flexibility index (Phi) is 4.11. The van der Waals surface area contributed by atoms with Crippen LogP contribution in [0.3, 0.4) is 0 Å². The van der Waals surface area contributed by atoms with Crippen LogP contribution < -0.4 is 0 Å². The van der Waals surface area contributed by atoms with Crippen LogP contribution in [0.15, 0.2) is 24.3 Å². The molecular weight excluding hydrogens is 272 g/mol. The highest BCUT2D eigenvalue weighted by molar-refractivity contribution is 6.31. The van der Waals surface area contributed by atoms with Crippen molar-refractivity contribution in [2.45, 2.75) is 31.8 Å². The lowest BCUT2D eigenvalue weighted by atomic mass is 10.1. The van der Waals surface area contributed by atoms with Gasteiger partial charge >= 0.3 is 0 Å². The first kappa shape index (κ1) is 14.1. The highest BCUT2D eigenvalue weighted by Gasteiger charge is 2.34. The zero-order chi connectivity index (χ0) is 14.1. The van der Waals surface area contributed by atoms with Crippen molar-refractivity contribution >= 4 is 17.4 Å². The number of hydrogen-bond acceptors (Lipinski definition) is 3. The molecule has 0 aliphatic carbocycles. The average Bonchev–Trinajstić information content (AvgIpc) is 2.86. The monoisotopic (exact) mass is 292 g/mol. The number of hydrogen-bond donors (Lipinski definition) is 0.